The third-order valence-corrected chi connectivity index (χ3v) is 4.39. The van der Waals surface area contributed by atoms with Gasteiger partial charge in [-0.05, 0) is 46.2 Å². The molecule has 3 heteroatoms. The van der Waals surface area contributed by atoms with Gasteiger partial charge in [-0.1, -0.05) is 26.3 Å². The van der Waals surface area contributed by atoms with Crippen molar-refractivity contribution in [3.05, 3.63) is 23.8 Å². The van der Waals surface area contributed by atoms with E-state index in [9.17, 15) is 0 Å². The molecule has 0 saturated carbocycles. The van der Waals surface area contributed by atoms with Gasteiger partial charge in [-0.25, -0.2) is 0 Å². The van der Waals surface area contributed by atoms with Gasteiger partial charge >= 0.3 is 0 Å². The van der Waals surface area contributed by atoms with Crippen molar-refractivity contribution in [1.29, 1.82) is 0 Å². The number of hydrogen-bond donors (Lipinski definition) is 1. The molecule has 3 nitrogen and oxygen atoms in total. The lowest BCUT2D eigenvalue weighted by Gasteiger charge is -2.40. The standard InChI is InChI=1S/C19H31NO2/c1-6-8-11-20-17-13-19(5,7-2)22-18-12-15(21-14(3)4)9-10-16(17)18/h9-10,12,14,17,20H,6-8,11,13H2,1-5H3. The van der Waals surface area contributed by atoms with Crippen LogP contribution in [0.1, 0.15) is 71.9 Å². The Bertz CT molecular complexity index is 486. The number of nitrogens with one attached hydrogen (secondary N) is 1. The Morgan fingerprint density at radius 1 is 1.36 bits per heavy atom. The van der Waals surface area contributed by atoms with Crippen LogP contribution in [0.4, 0.5) is 0 Å². The summed E-state index contributed by atoms with van der Waals surface area (Å²) in [6.45, 7) is 11.8. The summed E-state index contributed by atoms with van der Waals surface area (Å²) in [7, 11) is 0. The monoisotopic (exact) mass is 305 g/mol. The summed E-state index contributed by atoms with van der Waals surface area (Å²) in [6.07, 6.45) is 4.63. The Labute approximate surface area is 135 Å². The second kappa shape index (κ2) is 7.36. The van der Waals surface area contributed by atoms with E-state index in [1.54, 1.807) is 0 Å². The molecule has 2 unspecified atom stereocenters. The predicted octanol–water partition coefficient (Wildman–Crippen LogP) is 4.86. The van der Waals surface area contributed by atoms with E-state index in [-0.39, 0.29) is 11.7 Å². The average molecular weight is 305 g/mol. The molecule has 0 aliphatic carbocycles. The molecule has 0 aromatic heterocycles. The van der Waals surface area contributed by atoms with Crippen LogP contribution in [0.2, 0.25) is 0 Å². The highest BCUT2D eigenvalue weighted by Gasteiger charge is 2.35. The Hall–Kier alpha value is -1.22. The molecular weight excluding hydrogens is 274 g/mol. The van der Waals surface area contributed by atoms with Gasteiger partial charge in [-0.3, -0.25) is 0 Å². The maximum Gasteiger partial charge on any atom is 0.128 e. The summed E-state index contributed by atoms with van der Waals surface area (Å²) < 4.78 is 12.1. The van der Waals surface area contributed by atoms with Crippen LogP contribution < -0.4 is 14.8 Å². The van der Waals surface area contributed by atoms with E-state index in [2.05, 4.69) is 44.3 Å². The van der Waals surface area contributed by atoms with Gasteiger partial charge in [0.2, 0.25) is 0 Å². The minimum absolute atomic E-state index is 0.104. The first-order chi connectivity index (χ1) is 10.5. The van der Waals surface area contributed by atoms with Crippen molar-refractivity contribution >= 4 is 0 Å². The van der Waals surface area contributed by atoms with Gasteiger partial charge in [0.1, 0.15) is 17.1 Å². The van der Waals surface area contributed by atoms with E-state index in [1.165, 1.54) is 18.4 Å². The van der Waals surface area contributed by atoms with Crippen LogP contribution in [0.3, 0.4) is 0 Å². The SMILES string of the molecule is CCCCNC1CC(C)(CC)Oc2cc(OC(C)C)ccc21. The third kappa shape index (κ3) is 4.16. The minimum Gasteiger partial charge on any atom is -0.491 e. The van der Waals surface area contributed by atoms with Crippen molar-refractivity contribution in [3.8, 4) is 11.5 Å². The highest BCUT2D eigenvalue weighted by atomic mass is 16.5. The van der Waals surface area contributed by atoms with Crippen LogP contribution in [0.15, 0.2) is 18.2 Å². The van der Waals surface area contributed by atoms with E-state index >= 15 is 0 Å². The molecule has 2 rings (SSSR count). The van der Waals surface area contributed by atoms with Crippen molar-refractivity contribution in [1.82, 2.24) is 5.32 Å². The van der Waals surface area contributed by atoms with Crippen molar-refractivity contribution < 1.29 is 9.47 Å². The lowest BCUT2D eigenvalue weighted by atomic mass is 9.86. The molecule has 124 valence electrons. The van der Waals surface area contributed by atoms with Crippen LogP contribution in [0.5, 0.6) is 11.5 Å². The van der Waals surface area contributed by atoms with E-state index in [0.29, 0.717) is 6.04 Å². The Morgan fingerprint density at radius 3 is 2.77 bits per heavy atom. The van der Waals surface area contributed by atoms with Gasteiger partial charge < -0.3 is 14.8 Å². The number of rotatable bonds is 7. The molecule has 1 N–H and O–H groups in total. The largest absolute Gasteiger partial charge is 0.491 e. The molecular formula is C19H31NO2. The predicted molar refractivity (Wildman–Crippen MR) is 91.8 cm³/mol. The lowest BCUT2D eigenvalue weighted by molar-refractivity contribution is 0.0438. The first-order valence-electron chi connectivity index (χ1n) is 8.70. The lowest BCUT2D eigenvalue weighted by Crippen LogP contribution is -2.41. The molecule has 22 heavy (non-hydrogen) atoms. The summed E-state index contributed by atoms with van der Waals surface area (Å²) in [4.78, 5) is 0. The Morgan fingerprint density at radius 2 is 2.14 bits per heavy atom. The number of ether oxygens (including phenoxy) is 2. The van der Waals surface area contributed by atoms with Crippen LogP contribution in [-0.2, 0) is 0 Å². The topological polar surface area (TPSA) is 30.5 Å². The highest BCUT2D eigenvalue weighted by Crippen LogP contribution is 2.42. The molecule has 0 amide bonds. The van der Waals surface area contributed by atoms with Gasteiger partial charge in [0, 0.05) is 24.1 Å². The summed E-state index contributed by atoms with van der Waals surface area (Å²) in [6, 6.07) is 6.64. The van der Waals surface area contributed by atoms with Crippen LogP contribution in [0, 0.1) is 0 Å². The second-order valence-electron chi connectivity index (χ2n) is 6.84. The zero-order valence-electron chi connectivity index (χ0n) is 14.7. The second-order valence-corrected chi connectivity index (χ2v) is 6.84. The number of hydrogen-bond acceptors (Lipinski definition) is 3. The number of fused-ring (bicyclic) bond motifs is 1. The van der Waals surface area contributed by atoms with Gasteiger partial charge in [-0.2, -0.15) is 0 Å². The number of benzene rings is 1. The Kier molecular flexibility index (Phi) is 5.74. The summed E-state index contributed by atoms with van der Waals surface area (Å²) in [5, 5.41) is 3.71. The molecule has 0 radical (unpaired) electrons. The smallest absolute Gasteiger partial charge is 0.128 e. The van der Waals surface area contributed by atoms with Crippen LogP contribution in [-0.4, -0.2) is 18.2 Å². The molecule has 0 saturated heterocycles. The number of unbranched alkanes of at least 4 members (excludes halogenated alkanes) is 1. The molecule has 1 heterocycles. The molecule has 0 spiro atoms. The average Bonchev–Trinajstić information content (AvgIpc) is 2.46. The molecule has 1 aliphatic rings. The summed E-state index contributed by atoms with van der Waals surface area (Å²) >= 11 is 0. The van der Waals surface area contributed by atoms with Crippen molar-refractivity contribution in [2.24, 2.45) is 0 Å². The van der Waals surface area contributed by atoms with Gasteiger partial charge in [0.25, 0.3) is 0 Å². The fourth-order valence-corrected chi connectivity index (χ4v) is 2.94. The molecule has 1 aliphatic heterocycles. The first kappa shape index (κ1) is 17.1. The van der Waals surface area contributed by atoms with E-state index in [4.69, 9.17) is 9.47 Å². The molecule has 0 fully saturated rings. The normalized spacial score (nSPS) is 24.0. The third-order valence-electron chi connectivity index (χ3n) is 4.39. The molecule has 0 bridgehead atoms. The fraction of sp³-hybridized carbons (Fsp3) is 0.684. The van der Waals surface area contributed by atoms with E-state index in [1.807, 2.05) is 13.8 Å². The molecule has 1 aromatic rings. The summed E-state index contributed by atoms with van der Waals surface area (Å²) in [5.41, 5.74) is 1.16. The van der Waals surface area contributed by atoms with Crippen LogP contribution in [0.25, 0.3) is 0 Å². The molecule has 2 atom stereocenters. The minimum atomic E-state index is -0.104. The maximum atomic E-state index is 6.31. The molecule has 1 aromatic carbocycles. The van der Waals surface area contributed by atoms with E-state index in [0.717, 1.165) is 30.9 Å². The van der Waals surface area contributed by atoms with Gasteiger partial charge in [0.05, 0.1) is 6.10 Å². The van der Waals surface area contributed by atoms with Crippen LogP contribution >= 0.6 is 0 Å². The first-order valence-corrected chi connectivity index (χ1v) is 8.70. The van der Waals surface area contributed by atoms with Crippen molar-refractivity contribution in [2.75, 3.05) is 6.54 Å². The van der Waals surface area contributed by atoms with Crippen molar-refractivity contribution in [3.63, 3.8) is 0 Å². The highest BCUT2D eigenvalue weighted by molar-refractivity contribution is 5.44. The summed E-state index contributed by atoms with van der Waals surface area (Å²) in [5.74, 6) is 1.86. The fourth-order valence-electron chi connectivity index (χ4n) is 2.94. The van der Waals surface area contributed by atoms with Gasteiger partial charge in [-0.15, -0.1) is 0 Å². The van der Waals surface area contributed by atoms with Gasteiger partial charge in [0.15, 0.2) is 0 Å². The quantitative estimate of drug-likeness (QED) is 0.730. The maximum absolute atomic E-state index is 6.31. The Balaban J connectivity index is 2.24. The zero-order valence-corrected chi connectivity index (χ0v) is 14.7. The van der Waals surface area contributed by atoms with Crippen molar-refractivity contribution in [2.45, 2.75) is 78.0 Å². The zero-order chi connectivity index (χ0) is 16.2. The van der Waals surface area contributed by atoms with E-state index < -0.39 is 0 Å².